The number of amides is 1. The van der Waals surface area contributed by atoms with E-state index in [1.807, 2.05) is 36.4 Å². The van der Waals surface area contributed by atoms with Crippen LogP contribution in [-0.4, -0.2) is 29.1 Å². The minimum atomic E-state index is -0.271. The number of rotatable bonds is 2. The molecule has 4 rings (SSSR count). The molecule has 2 aromatic carbocycles. The number of piperidine rings is 1. The first-order valence-corrected chi connectivity index (χ1v) is 8.98. The van der Waals surface area contributed by atoms with Crippen LogP contribution in [0, 0.1) is 0 Å². The fraction of sp³-hybridized carbons (Fsp3) is 0.263. The van der Waals surface area contributed by atoms with Crippen molar-refractivity contribution in [2.45, 2.75) is 18.8 Å². The molecule has 4 nitrogen and oxygen atoms in total. The lowest BCUT2D eigenvalue weighted by molar-refractivity contribution is 0.137. The molecule has 1 saturated heterocycles. The fourth-order valence-electron chi connectivity index (χ4n) is 3.06. The van der Waals surface area contributed by atoms with Gasteiger partial charge in [0.2, 0.25) is 0 Å². The average molecular weight is 338 g/mol. The van der Waals surface area contributed by atoms with Crippen LogP contribution < -0.4 is 4.74 Å². The number of carbonyl (C=O) groups is 1. The van der Waals surface area contributed by atoms with Crippen molar-refractivity contribution in [2.75, 3.05) is 13.1 Å². The number of carbonyl (C=O) groups excluding carboxylic acids is 1. The lowest BCUT2D eigenvalue weighted by Crippen LogP contribution is -2.40. The monoisotopic (exact) mass is 338 g/mol. The summed E-state index contributed by atoms with van der Waals surface area (Å²) in [7, 11) is 0. The van der Waals surface area contributed by atoms with Crippen LogP contribution in [0.3, 0.4) is 0 Å². The Bertz CT molecular complexity index is 814. The van der Waals surface area contributed by atoms with Crippen molar-refractivity contribution >= 4 is 27.6 Å². The minimum absolute atomic E-state index is 0.271. The van der Waals surface area contributed by atoms with Crippen LogP contribution in [0.1, 0.15) is 23.8 Å². The first-order chi connectivity index (χ1) is 11.8. The number of hydrogen-bond donors (Lipinski definition) is 0. The molecule has 1 fully saturated rings. The Morgan fingerprint density at radius 1 is 1.12 bits per heavy atom. The normalized spacial score (nSPS) is 17.8. The molecule has 0 spiro atoms. The summed E-state index contributed by atoms with van der Waals surface area (Å²) in [5, 5.41) is 1.12. The van der Waals surface area contributed by atoms with Gasteiger partial charge in [0, 0.05) is 19.0 Å². The van der Waals surface area contributed by atoms with E-state index in [2.05, 4.69) is 6.07 Å². The maximum atomic E-state index is 12.4. The fourth-order valence-corrected chi connectivity index (χ4v) is 4.16. The molecule has 24 heavy (non-hydrogen) atoms. The van der Waals surface area contributed by atoms with Gasteiger partial charge in [-0.15, -0.1) is 11.3 Å². The number of para-hydroxylation sites is 2. The molecule has 0 saturated carbocycles. The van der Waals surface area contributed by atoms with Gasteiger partial charge in [-0.25, -0.2) is 9.78 Å². The standard InChI is InChI=1S/C19H18N2O2S/c22-19(23-15-8-2-1-3-9-15)21-12-6-7-14(13-21)18-20-16-10-4-5-11-17(16)24-18/h1-5,8-11,14H,6-7,12-13H2/t14-/m0/s1. The summed E-state index contributed by atoms with van der Waals surface area (Å²) in [6.45, 7) is 1.42. The van der Waals surface area contributed by atoms with E-state index in [1.54, 1.807) is 28.4 Å². The number of hydrogen-bond acceptors (Lipinski definition) is 4. The van der Waals surface area contributed by atoms with E-state index in [-0.39, 0.29) is 6.09 Å². The highest BCUT2D eigenvalue weighted by atomic mass is 32.1. The first-order valence-electron chi connectivity index (χ1n) is 8.17. The number of likely N-dealkylation sites (tertiary alicyclic amines) is 1. The van der Waals surface area contributed by atoms with Crippen LogP contribution in [0.15, 0.2) is 54.6 Å². The molecule has 0 aliphatic carbocycles. The summed E-state index contributed by atoms with van der Waals surface area (Å²) in [4.78, 5) is 19.0. The molecule has 122 valence electrons. The summed E-state index contributed by atoms with van der Waals surface area (Å²) in [5.41, 5.74) is 1.04. The van der Waals surface area contributed by atoms with Crippen LogP contribution in [0.25, 0.3) is 10.2 Å². The van der Waals surface area contributed by atoms with Crippen LogP contribution in [0.2, 0.25) is 0 Å². The molecule has 1 aliphatic heterocycles. The third-order valence-electron chi connectivity index (χ3n) is 4.29. The van der Waals surface area contributed by atoms with Crippen LogP contribution in [-0.2, 0) is 0 Å². The second-order valence-electron chi connectivity index (χ2n) is 5.99. The second-order valence-corrected chi connectivity index (χ2v) is 7.05. The Morgan fingerprint density at radius 2 is 1.92 bits per heavy atom. The number of thiazole rings is 1. The summed E-state index contributed by atoms with van der Waals surface area (Å²) in [6.07, 6.45) is 1.77. The molecule has 1 amide bonds. The van der Waals surface area contributed by atoms with Crippen LogP contribution >= 0.6 is 11.3 Å². The van der Waals surface area contributed by atoms with Gasteiger partial charge < -0.3 is 9.64 Å². The quantitative estimate of drug-likeness (QED) is 0.681. The molecular weight excluding hydrogens is 320 g/mol. The number of fused-ring (bicyclic) bond motifs is 1. The van der Waals surface area contributed by atoms with Crippen molar-refractivity contribution in [2.24, 2.45) is 0 Å². The zero-order chi connectivity index (χ0) is 16.4. The van der Waals surface area contributed by atoms with E-state index in [0.29, 0.717) is 18.2 Å². The summed E-state index contributed by atoms with van der Waals surface area (Å²) in [6, 6.07) is 17.4. The van der Waals surface area contributed by atoms with E-state index < -0.39 is 0 Å². The maximum Gasteiger partial charge on any atom is 0.415 e. The molecule has 0 bridgehead atoms. The van der Waals surface area contributed by atoms with Gasteiger partial charge in [0.05, 0.1) is 15.2 Å². The van der Waals surface area contributed by atoms with Crippen molar-refractivity contribution < 1.29 is 9.53 Å². The van der Waals surface area contributed by atoms with Gasteiger partial charge in [-0.2, -0.15) is 0 Å². The molecule has 0 radical (unpaired) electrons. The zero-order valence-corrected chi connectivity index (χ0v) is 14.0. The highest BCUT2D eigenvalue weighted by Crippen LogP contribution is 2.33. The van der Waals surface area contributed by atoms with Gasteiger partial charge in [-0.1, -0.05) is 30.3 Å². The van der Waals surface area contributed by atoms with E-state index in [9.17, 15) is 4.79 Å². The molecule has 0 N–H and O–H groups in total. The van der Waals surface area contributed by atoms with Crippen molar-refractivity contribution in [3.8, 4) is 5.75 Å². The lowest BCUT2D eigenvalue weighted by atomic mass is 9.99. The van der Waals surface area contributed by atoms with Crippen molar-refractivity contribution in [3.05, 3.63) is 59.6 Å². The predicted molar refractivity (Wildman–Crippen MR) is 95.6 cm³/mol. The van der Waals surface area contributed by atoms with Gasteiger partial charge in [0.1, 0.15) is 5.75 Å². The number of aromatic nitrogens is 1. The number of ether oxygens (including phenoxy) is 1. The topological polar surface area (TPSA) is 42.4 Å². The van der Waals surface area contributed by atoms with E-state index in [4.69, 9.17) is 9.72 Å². The third kappa shape index (κ3) is 3.12. The Hall–Kier alpha value is -2.40. The van der Waals surface area contributed by atoms with Gasteiger partial charge >= 0.3 is 6.09 Å². The first kappa shape index (κ1) is 15.1. The Kier molecular flexibility index (Phi) is 4.17. The Morgan fingerprint density at radius 3 is 2.75 bits per heavy atom. The summed E-state index contributed by atoms with van der Waals surface area (Å²) < 4.78 is 6.67. The zero-order valence-electron chi connectivity index (χ0n) is 13.2. The van der Waals surface area contributed by atoms with E-state index in [0.717, 1.165) is 29.9 Å². The molecular formula is C19H18N2O2S. The minimum Gasteiger partial charge on any atom is -0.410 e. The second kappa shape index (κ2) is 6.61. The van der Waals surface area contributed by atoms with Crippen LogP contribution in [0.5, 0.6) is 5.75 Å². The van der Waals surface area contributed by atoms with Crippen molar-refractivity contribution in [1.82, 2.24) is 9.88 Å². The molecule has 1 atom stereocenters. The highest BCUT2D eigenvalue weighted by molar-refractivity contribution is 7.18. The molecule has 2 heterocycles. The number of benzene rings is 2. The lowest BCUT2D eigenvalue weighted by Gasteiger charge is -2.30. The van der Waals surface area contributed by atoms with Gasteiger partial charge in [0.15, 0.2) is 0 Å². The predicted octanol–water partition coefficient (Wildman–Crippen LogP) is 4.67. The summed E-state index contributed by atoms with van der Waals surface area (Å²) in [5.74, 6) is 0.879. The Balaban J connectivity index is 1.48. The van der Waals surface area contributed by atoms with Crippen LogP contribution in [0.4, 0.5) is 4.79 Å². The van der Waals surface area contributed by atoms with Crippen molar-refractivity contribution in [3.63, 3.8) is 0 Å². The average Bonchev–Trinajstić information content (AvgIpc) is 3.07. The van der Waals surface area contributed by atoms with Gasteiger partial charge in [-0.05, 0) is 37.1 Å². The largest absolute Gasteiger partial charge is 0.415 e. The number of nitrogens with zero attached hydrogens (tertiary/aromatic N) is 2. The molecule has 5 heteroatoms. The van der Waals surface area contributed by atoms with Crippen molar-refractivity contribution in [1.29, 1.82) is 0 Å². The van der Waals surface area contributed by atoms with E-state index >= 15 is 0 Å². The smallest absolute Gasteiger partial charge is 0.410 e. The summed E-state index contributed by atoms with van der Waals surface area (Å²) >= 11 is 1.73. The Labute approximate surface area is 144 Å². The maximum absolute atomic E-state index is 12.4. The third-order valence-corrected chi connectivity index (χ3v) is 5.49. The molecule has 3 aromatic rings. The molecule has 1 aliphatic rings. The highest BCUT2D eigenvalue weighted by Gasteiger charge is 2.28. The van der Waals surface area contributed by atoms with E-state index in [1.165, 1.54) is 4.70 Å². The van der Waals surface area contributed by atoms with Gasteiger partial charge in [-0.3, -0.25) is 0 Å². The molecule has 1 aromatic heterocycles. The molecule has 0 unspecified atom stereocenters. The van der Waals surface area contributed by atoms with Gasteiger partial charge in [0.25, 0.3) is 0 Å². The SMILES string of the molecule is O=C(Oc1ccccc1)N1CCC[C@H](c2nc3ccccc3s2)C1.